The molecule has 2 radical (unpaired) electrons. The van der Waals surface area contributed by atoms with Crippen molar-refractivity contribution in [3.8, 4) is 5.75 Å². The van der Waals surface area contributed by atoms with E-state index in [9.17, 15) is 39.7 Å². The summed E-state index contributed by atoms with van der Waals surface area (Å²) in [5, 5.41) is 20.9. The van der Waals surface area contributed by atoms with Crippen molar-refractivity contribution in [2.45, 2.75) is 16.7 Å². The van der Waals surface area contributed by atoms with Crippen molar-refractivity contribution < 1.29 is 48.4 Å². The Morgan fingerprint density at radius 1 is 0.949 bits per heavy atom. The van der Waals surface area contributed by atoms with Crippen LogP contribution in [-0.2, 0) is 39.3 Å². The molecule has 3 aromatic carbocycles. The van der Waals surface area contributed by atoms with Crippen LogP contribution in [0.15, 0.2) is 68.6 Å². The number of hydrogen-bond acceptors (Lipinski definition) is 11. The molecule has 0 unspecified atom stereocenters. The van der Waals surface area contributed by atoms with E-state index in [1.54, 1.807) is 0 Å². The van der Waals surface area contributed by atoms with Gasteiger partial charge in [-0.25, -0.2) is 12.6 Å². The number of phenols is 1. The number of benzene rings is 3. The fourth-order valence-corrected chi connectivity index (χ4v) is 5.32. The largest absolute Gasteiger partial charge is 0.505 e. The third-order valence-electron chi connectivity index (χ3n) is 4.68. The van der Waals surface area contributed by atoms with Crippen LogP contribution in [0.5, 0.6) is 5.75 Å². The first-order valence-electron chi connectivity index (χ1n) is 9.98. The molecule has 200 valence electrons. The fraction of sp³-hybridized carbons (Fsp3) is 0.150. The Hall–Kier alpha value is -1.48. The second-order valence-electron chi connectivity index (χ2n) is 7.43. The SMILES string of the molecule is CC(=O)Nc1ccc2c(O)c(N=Nc3cccc(S(=O)(=O)CCOS(=O)(=O)O)c3)c(S(=O)(=O)O)cc2c1.[Na].[Na]. The van der Waals surface area contributed by atoms with E-state index in [1.807, 2.05) is 0 Å². The number of hydrogen-bond donors (Lipinski definition) is 4. The summed E-state index contributed by atoms with van der Waals surface area (Å²) in [7, 11) is -13.8. The predicted octanol–water partition coefficient (Wildman–Crippen LogP) is 2.00. The number of nitrogens with one attached hydrogen (secondary N) is 1. The molecule has 0 fully saturated rings. The molecule has 0 atom stereocenters. The van der Waals surface area contributed by atoms with E-state index in [-0.39, 0.29) is 86.4 Å². The summed E-state index contributed by atoms with van der Waals surface area (Å²) in [4.78, 5) is 10.2. The van der Waals surface area contributed by atoms with Gasteiger partial charge in [0, 0.05) is 77.1 Å². The fourth-order valence-electron chi connectivity index (χ4n) is 3.14. The first-order valence-corrected chi connectivity index (χ1v) is 14.4. The van der Waals surface area contributed by atoms with Crippen LogP contribution in [0.25, 0.3) is 10.8 Å². The number of nitrogens with zero attached hydrogens (tertiary/aromatic N) is 2. The van der Waals surface area contributed by atoms with Gasteiger partial charge in [-0.3, -0.25) is 13.9 Å². The van der Waals surface area contributed by atoms with Crippen molar-refractivity contribution in [2.24, 2.45) is 10.2 Å². The van der Waals surface area contributed by atoms with Crippen LogP contribution in [0.2, 0.25) is 0 Å². The minimum Gasteiger partial charge on any atom is -0.505 e. The second kappa shape index (κ2) is 13.9. The topological polar surface area (TPSA) is 226 Å². The van der Waals surface area contributed by atoms with Gasteiger partial charge in [0.1, 0.15) is 10.6 Å². The molecule has 0 aromatic heterocycles. The smallest absolute Gasteiger partial charge is 0.397 e. The Morgan fingerprint density at radius 3 is 2.21 bits per heavy atom. The van der Waals surface area contributed by atoms with E-state index in [1.165, 1.54) is 43.3 Å². The molecule has 1 amide bonds. The molecule has 0 aliphatic rings. The number of anilines is 1. The number of phenolic OH excluding ortho intramolecular Hbond substituents is 1. The van der Waals surface area contributed by atoms with Gasteiger partial charge >= 0.3 is 10.4 Å². The summed E-state index contributed by atoms with van der Waals surface area (Å²) in [5.74, 6) is -1.85. The van der Waals surface area contributed by atoms with Crippen LogP contribution in [0.3, 0.4) is 0 Å². The molecule has 3 rings (SSSR count). The number of azo groups is 1. The third kappa shape index (κ3) is 9.83. The monoisotopic (exact) mass is 619 g/mol. The molecule has 0 aliphatic heterocycles. The van der Waals surface area contributed by atoms with Crippen molar-refractivity contribution in [1.29, 1.82) is 0 Å². The van der Waals surface area contributed by atoms with Crippen molar-refractivity contribution in [3.63, 3.8) is 0 Å². The summed E-state index contributed by atoms with van der Waals surface area (Å²) in [6.45, 7) is 0.418. The van der Waals surface area contributed by atoms with Gasteiger partial charge in [-0.1, -0.05) is 6.07 Å². The van der Waals surface area contributed by atoms with Gasteiger partial charge in [-0.2, -0.15) is 21.9 Å². The van der Waals surface area contributed by atoms with E-state index < -0.39 is 59.0 Å². The summed E-state index contributed by atoms with van der Waals surface area (Å²) in [6.07, 6.45) is 0. The third-order valence-corrected chi connectivity index (χ3v) is 7.68. The molecule has 0 saturated carbocycles. The average Bonchev–Trinajstić information content (AvgIpc) is 2.76. The number of carbonyl (C=O) groups excluding carboxylic acids is 1. The first-order chi connectivity index (χ1) is 17.1. The minimum atomic E-state index is -4.92. The van der Waals surface area contributed by atoms with Crippen LogP contribution in [0.4, 0.5) is 17.1 Å². The van der Waals surface area contributed by atoms with Crippen molar-refractivity contribution in [3.05, 3.63) is 48.5 Å². The number of fused-ring (bicyclic) bond motifs is 1. The zero-order chi connectivity index (χ0) is 27.6. The summed E-state index contributed by atoms with van der Waals surface area (Å²) in [6, 6.07) is 10.00. The zero-order valence-electron chi connectivity index (χ0n) is 20.8. The number of rotatable bonds is 9. The van der Waals surface area contributed by atoms with E-state index in [0.717, 1.165) is 12.1 Å². The van der Waals surface area contributed by atoms with E-state index >= 15 is 0 Å². The van der Waals surface area contributed by atoms with Gasteiger partial charge in [0.05, 0.1) is 22.9 Å². The first kappa shape index (κ1) is 35.5. The maximum atomic E-state index is 12.4. The Balaban J connectivity index is 0.00000380. The minimum absolute atomic E-state index is 0. The second-order valence-corrected chi connectivity index (χ2v) is 12.0. The summed E-state index contributed by atoms with van der Waals surface area (Å²) in [5.41, 5.74) is -0.425. The van der Waals surface area contributed by atoms with Crippen LogP contribution in [0.1, 0.15) is 6.92 Å². The summed E-state index contributed by atoms with van der Waals surface area (Å²) < 4.78 is 92.3. The molecule has 0 bridgehead atoms. The molecule has 0 saturated heterocycles. The molecule has 19 heteroatoms. The predicted molar refractivity (Wildman–Crippen MR) is 141 cm³/mol. The molecule has 0 aliphatic carbocycles. The van der Waals surface area contributed by atoms with Crippen molar-refractivity contribution >= 4 is 123 Å². The Morgan fingerprint density at radius 2 is 1.62 bits per heavy atom. The molecular weight excluding hydrogens is 600 g/mol. The van der Waals surface area contributed by atoms with Crippen LogP contribution >= 0.6 is 0 Å². The molecule has 3 aromatic rings. The van der Waals surface area contributed by atoms with Crippen molar-refractivity contribution in [1.82, 2.24) is 0 Å². The van der Waals surface area contributed by atoms with E-state index in [2.05, 4.69) is 19.7 Å². The quantitative estimate of drug-likeness (QED) is 0.154. The molecule has 14 nitrogen and oxygen atoms in total. The van der Waals surface area contributed by atoms with Crippen LogP contribution < -0.4 is 5.32 Å². The normalized spacial score (nSPS) is 12.1. The Bertz CT molecular complexity index is 1750. The number of carbonyl (C=O) groups is 1. The van der Waals surface area contributed by atoms with Gasteiger partial charge < -0.3 is 10.4 Å². The maximum absolute atomic E-state index is 12.4. The number of aromatic hydroxyl groups is 1. The summed E-state index contributed by atoms with van der Waals surface area (Å²) >= 11 is 0. The Labute approximate surface area is 268 Å². The Kier molecular flexibility index (Phi) is 12.7. The van der Waals surface area contributed by atoms with Crippen molar-refractivity contribution in [2.75, 3.05) is 17.7 Å². The van der Waals surface area contributed by atoms with Crippen LogP contribution in [0, 0.1) is 0 Å². The van der Waals surface area contributed by atoms with Gasteiger partial charge in [0.2, 0.25) is 5.91 Å². The molecule has 0 heterocycles. The number of sulfone groups is 1. The molecular formula is C20H19N3Na2O11S3. The molecule has 4 N–H and O–H groups in total. The average molecular weight is 620 g/mol. The van der Waals surface area contributed by atoms with Gasteiger partial charge in [-0.05, 0) is 47.9 Å². The van der Waals surface area contributed by atoms with E-state index in [0.29, 0.717) is 5.69 Å². The standard InChI is InChI=1S/C20H19N3O11S3.2Na/c1-12(24)21-14-5-6-17-13(9-14)10-18(36(28,29)30)19(20(17)25)23-22-15-3-2-4-16(11-15)35(26,27)8-7-34-37(31,32)33;;/h2-6,9-11,25H,7-8H2,1H3,(H,21,24)(H,28,29,30)(H,31,32,33);;. The van der Waals surface area contributed by atoms with Gasteiger partial charge in [-0.15, -0.1) is 5.11 Å². The van der Waals surface area contributed by atoms with Gasteiger partial charge in [0.15, 0.2) is 15.6 Å². The van der Waals surface area contributed by atoms with Gasteiger partial charge in [0.25, 0.3) is 10.1 Å². The maximum Gasteiger partial charge on any atom is 0.397 e. The molecule has 39 heavy (non-hydrogen) atoms. The molecule has 0 spiro atoms. The van der Waals surface area contributed by atoms with Crippen LogP contribution in [-0.4, -0.2) is 117 Å². The number of amides is 1. The zero-order valence-corrected chi connectivity index (χ0v) is 27.2. The van der Waals surface area contributed by atoms with E-state index in [4.69, 9.17) is 4.55 Å².